The number of hydrogen-bond donors (Lipinski definition) is 2. The molecule has 0 radical (unpaired) electrons. The number of esters is 1. The highest BCUT2D eigenvalue weighted by Crippen LogP contribution is 2.34. The number of rotatable bonds is 8. The van der Waals surface area contributed by atoms with Crippen LogP contribution in [0.25, 0.3) is 0 Å². The topological polar surface area (TPSA) is 114 Å². The van der Waals surface area contributed by atoms with Crippen LogP contribution in [0.15, 0.2) is 72.8 Å². The van der Waals surface area contributed by atoms with E-state index >= 15 is 0 Å². The van der Waals surface area contributed by atoms with Crippen molar-refractivity contribution in [3.8, 4) is 0 Å². The Morgan fingerprint density at radius 2 is 1.37 bits per heavy atom. The predicted octanol–water partition coefficient (Wildman–Crippen LogP) is 4.08. The van der Waals surface area contributed by atoms with Gasteiger partial charge < -0.3 is 10.5 Å². The number of hydrogen-bond acceptors (Lipinski definition) is 5. The molecule has 1 unspecified atom stereocenters. The van der Waals surface area contributed by atoms with Gasteiger partial charge in [0.15, 0.2) is 0 Å². The summed E-state index contributed by atoms with van der Waals surface area (Å²) in [4.78, 5) is 39.3. The number of carbonyl (C=O) groups excluding carboxylic acids is 3. The molecule has 2 amide bonds. The van der Waals surface area contributed by atoms with Gasteiger partial charge >= 0.3 is 5.97 Å². The molecule has 0 fully saturated rings. The molecule has 3 aromatic rings. The molecule has 0 aliphatic carbocycles. The van der Waals surface area contributed by atoms with Gasteiger partial charge in [0, 0.05) is 5.56 Å². The normalized spacial score (nSPS) is 13.1. The van der Waals surface area contributed by atoms with E-state index in [0.717, 1.165) is 28.9 Å². The first-order valence-corrected chi connectivity index (χ1v) is 10.9. The van der Waals surface area contributed by atoms with Crippen LogP contribution in [0.2, 0.25) is 0 Å². The molecule has 0 saturated carbocycles. The fourth-order valence-electron chi connectivity index (χ4n) is 4.14. The van der Waals surface area contributed by atoms with Gasteiger partial charge in [0.25, 0.3) is 11.8 Å². The molecule has 8 heteroatoms. The van der Waals surface area contributed by atoms with E-state index in [1.165, 1.54) is 7.11 Å². The lowest BCUT2D eigenvalue weighted by Gasteiger charge is -2.26. The number of methoxy groups -OCH3 is 1. The van der Waals surface area contributed by atoms with Crippen LogP contribution in [0, 0.1) is 5.41 Å². The van der Waals surface area contributed by atoms with Crippen LogP contribution in [-0.4, -0.2) is 35.6 Å². The fourth-order valence-corrected chi connectivity index (χ4v) is 4.14. The van der Waals surface area contributed by atoms with Crippen molar-refractivity contribution in [1.29, 1.82) is 5.41 Å². The summed E-state index contributed by atoms with van der Waals surface area (Å²) in [6, 6.07) is 21.1. The Labute approximate surface area is 209 Å². The van der Waals surface area contributed by atoms with E-state index in [1.54, 1.807) is 24.3 Å². The Balaban J connectivity index is 0.00000342. The predicted molar refractivity (Wildman–Crippen MR) is 135 cm³/mol. The van der Waals surface area contributed by atoms with E-state index in [0.29, 0.717) is 22.3 Å². The van der Waals surface area contributed by atoms with Gasteiger partial charge in [0.05, 0.1) is 30.7 Å². The lowest BCUT2D eigenvalue weighted by molar-refractivity contribution is -0.141. The van der Waals surface area contributed by atoms with Crippen molar-refractivity contribution in [3.05, 3.63) is 106 Å². The summed E-state index contributed by atoms with van der Waals surface area (Å²) in [5.74, 6) is -1.28. The molecule has 0 aromatic heterocycles. The highest BCUT2D eigenvalue weighted by Gasteiger charge is 2.41. The van der Waals surface area contributed by atoms with Crippen molar-refractivity contribution in [2.75, 3.05) is 7.11 Å². The van der Waals surface area contributed by atoms with Crippen molar-refractivity contribution >= 4 is 36.0 Å². The van der Waals surface area contributed by atoms with E-state index in [1.807, 2.05) is 48.5 Å². The summed E-state index contributed by atoms with van der Waals surface area (Å²) < 4.78 is 4.83. The molecule has 35 heavy (non-hydrogen) atoms. The van der Waals surface area contributed by atoms with E-state index in [-0.39, 0.29) is 24.7 Å². The monoisotopic (exact) mass is 491 g/mol. The van der Waals surface area contributed by atoms with Crippen LogP contribution >= 0.6 is 12.4 Å². The van der Waals surface area contributed by atoms with Crippen LogP contribution in [0.4, 0.5) is 0 Å². The second-order valence-electron chi connectivity index (χ2n) is 8.17. The second-order valence-corrected chi connectivity index (χ2v) is 8.17. The number of fused-ring (bicyclic) bond motifs is 1. The summed E-state index contributed by atoms with van der Waals surface area (Å²) in [7, 11) is 1.29. The van der Waals surface area contributed by atoms with Gasteiger partial charge in [-0.05, 0) is 41.7 Å². The van der Waals surface area contributed by atoms with E-state index in [4.69, 9.17) is 15.9 Å². The van der Waals surface area contributed by atoms with Gasteiger partial charge in [0.1, 0.15) is 5.84 Å². The molecule has 0 bridgehead atoms. The van der Waals surface area contributed by atoms with Crippen LogP contribution in [0.1, 0.15) is 55.4 Å². The zero-order valence-corrected chi connectivity index (χ0v) is 20.0. The molecule has 180 valence electrons. The Kier molecular flexibility index (Phi) is 8.04. The summed E-state index contributed by atoms with van der Waals surface area (Å²) in [5.41, 5.74) is 9.78. The molecule has 1 atom stereocenters. The molecule has 1 heterocycles. The third-order valence-corrected chi connectivity index (χ3v) is 6.06. The van der Waals surface area contributed by atoms with Crippen LogP contribution in [0.5, 0.6) is 0 Å². The Morgan fingerprint density at radius 1 is 0.886 bits per heavy atom. The largest absolute Gasteiger partial charge is 0.469 e. The van der Waals surface area contributed by atoms with E-state index in [9.17, 15) is 14.4 Å². The number of nitrogen functional groups attached to an aromatic ring is 1. The standard InChI is InChI=1S/C27H25N3O4.ClH/c1-34-24(31)16-23(30-26(32)21-4-2-3-5-22(21)27(30)33)19-12-8-17(9-13-19)6-7-18-10-14-20(15-11-18)25(28)29;/h2-5,8-15,23H,6-7,16H2,1H3,(H3,28,29);1H. The maximum atomic E-state index is 13.0. The van der Waals surface area contributed by atoms with Crippen LogP contribution < -0.4 is 5.73 Å². The first kappa shape index (κ1) is 25.6. The number of benzene rings is 3. The van der Waals surface area contributed by atoms with Gasteiger partial charge in [-0.15, -0.1) is 12.4 Å². The number of nitrogens with one attached hydrogen (secondary N) is 1. The quantitative estimate of drug-likeness (QED) is 0.213. The molecular weight excluding hydrogens is 466 g/mol. The Morgan fingerprint density at radius 3 is 1.83 bits per heavy atom. The van der Waals surface area contributed by atoms with Crippen molar-refractivity contribution in [1.82, 2.24) is 4.90 Å². The number of amidine groups is 1. The van der Waals surface area contributed by atoms with Gasteiger partial charge in [-0.1, -0.05) is 60.7 Å². The van der Waals surface area contributed by atoms with Crippen molar-refractivity contribution < 1.29 is 19.1 Å². The molecular formula is C27H26ClN3O4. The number of imide groups is 1. The summed E-state index contributed by atoms with van der Waals surface area (Å²) >= 11 is 0. The summed E-state index contributed by atoms with van der Waals surface area (Å²) in [6.07, 6.45) is 1.47. The maximum Gasteiger partial charge on any atom is 0.307 e. The molecule has 1 aliphatic rings. The number of halogens is 1. The lowest BCUT2D eigenvalue weighted by atomic mass is 9.98. The minimum absolute atomic E-state index is 0. The average Bonchev–Trinajstić information content (AvgIpc) is 3.11. The number of nitrogens with two attached hydrogens (primary N) is 1. The summed E-state index contributed by atoms with van der Waals surface area (Å²) in [6.45, 7) is 0. The minimum Gasteiger partial charge on any atom is -0.469 e. The van der Waals surface area contributed by atoms with Crippen LogP contribution in [0.3, 0.4) is 0 Å². The highest BCUT2D eigenvalue weighted by molar-refractivity contribution is 6.21. The van der Waals surface area contributed by atoms with Crippen molar-refractivity contribution in [3.63, 3.8) is 0 Å². The number of aryl methyl sites for hydroxylation is 2. The zero-order chi connectivity index (χ0) is 24.2. The van der Waals surface area contributed by atoms with Crippen LogP contribution in [-0.2, 0) is 22.4 Å². The fraction of sp³-hybridized carbons (Fsp3) is 0.185. The first-order chi connectivity index (χ1) is 16.4. The highest BCUT2D eigenvalue weighted by atomic mass is 35.5. The first-order valence-electron chi connectivity index (χ1n) is 10.9. The van der Waals surface area contributed by atoms with Gasteiger partial charge in [-0.2, -0.15) is 0 Å². The molecule has 3 aromatic carbocycles. The maximum absolute atomic E-state index is 13.0. The van der Waals surface area contributed by atoms with Gasteiger partial charge in [-0.3, -0.25) is 24.7 Å². The zero-order valence-electron chi connectivity index (χ0n) is 19.2. The lowest BCUT2D eigenvalue weighted by Crippen LogP contribution is -2.35. The molecule has 1 aliphatic heterocycles. The third-order valence-electron chi connectivity index (χ3n) is 6.06. The molecule has 3 N–H and O–H groups in total. The minimum atomic E-state index is -0.756. The molecule has 7 nitrogen and oxygen atoms in total. The number of amides is 2. The van der Waals surface area contributed by atoms with Gasteiger partial charge in [-0.25, -0.2) is 0 Å². The summed E-state index contributed by atoms with van der Waals surface area (Å²) in [5, 5.41) is 7.48. The van der Waals surface area contributed by atoms with E-state index in [2.05, 4.69) is 0 Å². The van der Waals surface area contributed by atoms with Crippen molar-refractivity contribution in [2.45, 2.75) is 25.3 Å². The van der Waals surface area contributed by atoms with E-state index < -0.39 is 23.8 Å². The molecule has 0 saturated heterocycles. The number of carbonyl (C=O) groups is 3. The smallest absolute Gasteiger partial charge is 0.307 e. The molecule has 4 rings (SSSR count). The number of nitrogens with zero attached hydrogens (tertiary/aromatic N) is 1. The SMILES string of the molecule is COC(=O)CC(c1ccc(CCc2ccc(C(=N)N)cc2)cc1)N1C(=O)c2ccccc2C1=O.Cl. The molecule has 0 spiro atoms. The van der Waals surface area contributed by atoms with Gasteiger partial charge in [0.2, 0.25) is 0 Å². The third kappa shape index (κ3) is 5.41. The van der Waals surface area contributed by atoms with Crippen molar-refractivity contribution in [2.24, 2.45) is 5.73 Å². The average molecular weight is 492 g/mol. The Hall–Kier alpha value is -3.97. The Bertz CT molecular complexity index is 1220. The number of ether oxygens (including phenoxy) is 1. The second kappa shape index (κ2) is 11.0.